The van der Waals surface area contributed by atoms with Crippen molar-refractivity contribution in [3.05, 3.63) is 24.0 Å². The van der Waals surface area contributed by atoms with Crippen molar-refractivity contribution in [1.82, 2.24) is 0 Å². The standard InChI is InChI=1S/C11H14FNO3/c1-11(2,10(14)15)13-8-6-7(12)4-5-9(8)16-3/h4-6,13H,1-3H3,(H,14,15). The van der Waals surface area contributed by atoms with Crippen molar-refractivity contribution in [3.63, 3.8) is 0 Å². The average Bonchev–Trinajstić information content (AvgIpc) is 2.17. The molecule has 0 heterocycles. The van der Waals surface area contributed by atoms with E-state index in [4.69, 9.17) is 9.84 Å². The first-order valence-electron chi connectivity index (χ1n) is 4.72. The normalized spacial score (nSPS) is 11.0. The van der Waals surface area contributed by atoms with Gasteiger partial charge in [0, 0.05) is 6.07 Å². The van der Waals surface area contributed by atoms with E-state index in [-0.39, 0.29) is 0 Å². The van der Waals surface area contributed by atoms with Crippen LogP contribution in [-0.2, 0) is 4.79 Å². The van der Waals surface area contributed by atoms with Crippen molar-refractivity contribution in [2.45, 2.75) is 19.4 Å². The van der Waals surface area contributed by atoms with Crippen LogP contribution in [0.4, 0.5) is 10.1 Å². The zero-order valence-corrected chi connectivity index (χ0v) is 9.37. The smallest absolute Gasteiger partial charge is 0.328 e. The Balaban J connectivity index is 3.04. The molecule has 0 saturated heterocycles. The molecule has 16 heavy (non-hydrogen) atoms. The first-order valence-corrected chi connectivity index (χ1v) is 4.72. The number of carboxylic acids is 1. The second-order valence-corrected chi connectivity index (χ2v) is 3.90. The summed E-state index contributed by atoms with van der Waals surface area (Å²) in [6, 6.07) is 3.89. The first kappa shape index (κ1) is 12.3. The fourth-order valence-corrected chi connectivity index (χ4v) is 1.17. The second kappa shape index (κ2) is 4.38. The molecule has 1 rings (SSSR count). The fourth-order valence-electron chi connectivity index (χ4n) is 1.17. The molecule has 0 fully saturated rings. The molecule has 0 aliphatic carbocycles. The summed E-state index contributed by atoms with van der Waals surface area (Å²) in [6.45, 7) is 2.97. The zero-order chi connectivity index (χ0) is 12.3. The molecule has 4 nitrogen and oxygen atoms in total. The minimum atomic E-state index is -1.19. The average molecular weight is 227 g/mol. The highest BCUT2D eigenvalue weighted by atomic mass is 19.1. The lowest BCUT2D eigenvalue weighted by atomic mass is 10.1. The van der Waals surface area contributed by atoms with Crippen molar-refractivity contribution in [2.24, 2.45) is 0 Å². The van der Waals surface area contributed by atoms with Crippen LogP contribution in [0.5, 0.6) is 5.75 Å². The summed E-state index contributed by atoms with van der Waals surface area (Å²) < 4.78 is 18.0. The van der Waals surface area contributed by atoms with Gasteiger partial charge >= 0.3 is 5.97 Å². The highest BCUT2D eigenvalue weighted by Crippen LogP contribution is 2.27. The van der Waals surface area contributed by atoms with E-state index in [1.807, 2.05) is 0 Å². The SMILES string of the molecule is COc1ccc(F)cc1NC(C)(C)C(=O)O. The van der Waals surface area contributed by atoms with Gasteiger partial charge in [0.2, 0.25) is 0 Å². The van der Waals surface area contributed by atoms with Crippen molar-refractivity contribution < 1.29 is 19.0 Å². The van der Waals surface area contributed by atoms with Crippen LogP contribution in [0.2, 0.25) is 0 Å². The number of aliphatic carboxylic acids is 1. The summed E-state index contributed by atoms with van der Waals surface area (Å²) in [7, 11) is 1.44. The number of hydrogen-bond acceptors (Lipinski definition) is 3. The van der Waals surface area contributed by atoms with E-state index in [9.17, 15) is 9.18 Å². The quantitative estimate of drug-likeness (QED) is 0.827. The second-order valence-electron chi connectivity index (χ2n) is 3.90. The highest BCUT2D eigenvalue weighted by molar-refractivity contribution is 5.82. The highest BCUT2D eigenvalue weighted by Gasteiger charge is 2.27. The molecule has 1 aromatic rings. The van der Waals surface area contributed by atoms with E-state index in [2.05, 4.69) is 5.32 Å². The molecule has 0 aliphatic rings. The summed E-state index contributed by atoms with van der Waals surface area (Å²) in [4.78, 5) is 10.9. The Kier molecular flexibility index (Phi) is 3.37. The van der Waals surface area contributed by atoms with Crippen molar-refractivity contribution in [1.29, 1.82) is 0 Å². The van der Waals surface area contributed by atoms with E-state index in [1.54, 1.807) is 0 Å². The summed E-state index contributed by atoms with van der Waals surface area (Å²) in [5, 5.41) is 11.7. The van der Waals surface area contributed by atoms with Crippen LogP contribution in [0.3, 0.4) is 0 Å². The van der Waals surface area contributed by atoms with Crippen molar-refractivity contribution >= 4 is 11.7 Å². The molecule has 0 spiro atoms. The van der Waals surface area contributed by atoms with Gasteiger partial charge in [-0.05, 0) is 26.0 Å². The van der Waals surface area contributed by atoms with Crippen LogP contribution in [0.25, 0.3) is 0 Å². The molecule has 1 aromatic carbocycles. The van der Waals surface area contributed by atoms with E-state index in [0.29, 0.717) is 11.4 Å². The van der Waals surface area contributed by atoms with E-state index >= 15 is 0 Å². The lowest BCUT2D eigenvalue weighted by Gasteiger charge is -2.23. The van der Waals surface area contributed by atoms with E-state index in [1.165, 1.54) is 39.2 Å². The molecule has 88 valence electrons. The molecule has 0 bridgehead atoms. The van der Waals surface area contributed by atoms with E-state index < -0.39 is 17.3 Å². The molecule has 0 amide bonds. The van der Waals surface area contributed by atoms with Gasteiger partial charge in [-0.1, -0.05) is 0 Å². The van der Waals surface area contributed by atoms with Crippen LogP contribution in [0.1, 0.15) is 13.8 Å². The molecule has 0 atom stereocenters. The van der Waals surface area contributed by atoms with Crippen molar-refractivity contribution in [2.75, 3.05) is 12.4 Å². The number of nitrogens with one attached hydrogen (secondary N) is 1. The summed E-state index contributed by atoms with van der Waals surface area (Å²) >= 11 is 0. The third kappa shape index (κ3) is 2.62. The van der Waals surface area contributed by atoms with Crippen LogP contribution in [0.15, 0.2) is 18.2 Å². The molecule has 0 aliphatic heterocycles. The Labute approximate surface area is 93.0 Å². The molecule has 2 N–H and O–H groups in total. The Morgan fingerprint density at radius 2 is 2.12 bits per heavy atom. The van der Waals surface area contributed by atoms with Gasteiger partial charge in [-0.2, -0.15) is 0 Å². The van der Waals surface area contributed by atoms with Gasteiger partial charge in [0.1, 0.15) is 17.1 Å². The van der Waals surface area contributed by atoms with Gasteiger partial charge in [0.25, 0.3) is 0 Å². The van der Waals surface area contributed by atoms with E-state index in [0.717, 1.165) is 0 Å². The molecular formula is C11H14FNO3. The fraction of sp³-hybridized carbons (Fsp3) is 0.364. The zero-order valence-electron chi connectivity index (χ0n) is 9.37. The number of methoxy groups -OCH3 is 1. The molecule has 5 heteroatoms. The molecular weight excluding hydrogens is 213 g/mol. The van der Waals surface area contributed by atoms with Gasteiger partial charge in [-0.25, -0.2) is 9.18 Å². The first-order chi connectivity index (χ1) is 7.36. The number of anilines is 1. The molecule has 0 saturated carbocycles. The topological polar surface area (TPSA) is 58.6 Å². The van der Waals surface area contributed by atoms with Gasteiger partial charge in [-0.3, -0.25) is 0 Å². The Morgan fingerprint density at radius 3 is 2.62 bits per heavy atom. The number of carboxylic acid groups (broad SMARTS) is 1. The monoisotopic (exact) mass is 227 g/mol. The van der Waals surface area contributed by atoms with Gasteiger partial charge in [-0.15, -0.1) is 0 Å². The minimum Gasteiger partial charge on any atom is -0.495 e. The third-order valence-electron chi connectivity index (χ3n) is 2.14. The number of hydrogen-bond donors (Lipinski definition) is 2. The van der Waals surface area contributed by atoms with Crippen LogP contribution in [0, 0.1) is 5.82 Å². The van der Waals surface area contributed by atoms with Gasteiger partial charge in [0.05, 0.1) is 12.8 Å². The molecule has 0 unspecified atom stereocenters. The Hall–Kier alpha value is -1.78. The maximum Gasteiger partial charge on any atom is 0.328 e. The third-order valence-corrected chi connectivity index (χ3v) is 2.14. The molecule has 0 aromatic heterocycles. The number of benzene rings is 1. The largest absolute Gasteiger partial charge is 0.495 e. The molecule has 0 radical (unpaired) electrons. The predicted octanol–water partition coefficient (Wildman–Crippen LogP) is 2.11. The van der Waals surface area contributed by atoms with Gasteiger partial charge < -0.3 is 15.2 Å². The summed E-state index contributed by atoms with van der Waals surface area (Å²) in [5.41, 5.74) is -0.879. The number of ether oxygens (including phenoxy) is 1. The lowest BCUT2D eigenvalue weighted by Crippen LogP contribution is -2.40. The van der Waals surface area contributed by atoms with Crippen molar-refractivity contribution in [3.8, 4) is 5.75 Å². The van der Waals surface area contributed by atoms with Crippen LogP contribution in [-0.4, -0.2) is 23.7 Å². The Bertz CT molecular complexity index is 404. The predicted molar refractivity (Wildman–Crippen MR) is 58.3 cm³/mol. The maximum atomic E-state index is 13.0. The Morgan fingerprint density at radius 1 is 1.50 bits per heavy atom. The summed E-state index contributed by atoms with van der Waals surface area (Å²) in [6.07, 6.45) is 0. The minimum absolute atomic E-state index is 0.315. The van der Waals surface area contributed by atoms with Gasteiger partial charge in [0.15, 0.2) is 0 Å². The number of halogens is 1. The number of carbonyl (C=O) groups is 1. The number of rotatable bonds is 4. The maximum absolute atomic E-state index is 13.0. The lowest BCUT2D eigenvalue weighted by molar-refractivity contribution is -0.141. The summed E-state index contributed by atoms with van der Waals surface area (Å²) in [5.74, 6) is -1.08. The van der Waals surface area contributed by atoms with Crippen LogP contribution < -0.4 is 10.1 Å². The van der Waals surface area contributed by atoms with Crippen LogP contribution >= 0.6 is 0 Å².